The molecular weight excluding hydrogens is 355 g/mol. The van der Waals surface area contributed by atoms with Crippen LogP contribution in [0.4, 0.5) is 5.95 Å². The van der Waals surface area contributed by atoms with Gasteiger partial charge in [-0.1, -0.05) is 0 Å². The van der Waals surface area contributed by atoms with Crippen LogP contribution in [-0.2, 0) is 14.1 Å². The van der Waals surface area contributed by atoms with E-state index in [1.807, 2.05) is 32.6 Å². The van der Waals surface area contributed by atoms with Crippen LogP contribution in [0.5, 0.6) is 0 Å². The maximum atomic E-state index is 11.9. The largest absolute Gasteiger partial charge is 0.498 e. The van der Waals surface area contributed by atoms with Gasteiger partial charge in [0.25, 0.3) is 0 Å². The summed E-state index contributed by atoms with van der Waals surface area (Å²) in [6.45, 7) is 15.6. The summed E-state index contributed by atoms with van der Waals surface area (Å²) in [5, 5.41) is 0. The molecule has 0 aromatic carbocycles. The van der Waals surface area contributed by atoms with Gasteiger partial charge in [-0.2, -0.15) is 0 Å². The van der Waals surface area contributed by atoms with Crippen LogP contribution in [0.3, 0.4) is 0 Å². The number of carbonyl (C=O) groups excluding carboxylic acids is 1. The molecule has 1 aromatic rings. The SMILES string of the molecule is CC(=O)N1CCC[C@H]1CN(c1ncc(B2OC(C)(C)C(C)(C)O2)cn1)C(C)C. The normalized spacial score (nSPS) is 23.5. The minimum Gasteiger partial charge on any atom is -0.399 e. The quantitative estimate of drug-likeness (QED) is 0.719. The summed E-state index contributed by atoms with van der Waals surface area (Å²) in [7, 11) is -0.463. The minimum absolute atomic E-state index is 0.142. The summed E-state index contributed by atoms with van der Waals surface area (Å²) in [5.41, 5.74) is 0.0371. The van der Waals surface area contributed by atoms with Gasteiger partial charge in [0.05, 0.1) is 11.2 Å². The van der Waals surface area contributed by atoms with E-state index < -0.39 is 7.12 Å². The van der Waals surface area contributed by atoms with Crippen molar-refractivity contribution in [2.24, 2.45) is 0 Å². The summed E-state index contributed by atoms with van der Waals surface area (Å²) < 4.78 is 12.2. The highest BCUT2D eigenvalue weighted by Crippen LogP contribution is 2.36. The van der Waals surface area contributed by atoms with Crippen LogP contribution in [0.25, 0.3) is 0 Å². The number of carbonyl (C=O) groups is 1. The number of likely N-dealkylation sites (tertiary alicyclic amines) is 1. The van der Waals surface area contributed by atoms with Gasteiger partial charge in [-0.25, -0.2) is 9.97 Å². The van der Waals surface area contributed by atoms with Crippen molar-refractivity contribution in [3.8, 4) is 0 Å². The van der Waals surface area contributed by atoms with Gasteiger partial charge in [-0.15, -0.1) is 0 Å². The molecule has 154 valence electrons. The summed E-state index contributed by atoms with van der Waals surface area (Å²) in [6, 6.07) is 0.448. The lowest BCUT2D eigenvalue weighted by molar-refractivity contribution is -0.129. The van der Waals surface area contributed by atoms with E-state index in [9.17, 15) is 4.79 Å². The minimum atomic E-state index is -0.463. The Morgan fingerprint density at radius 2 is 1.82 bits per heavy atom. The van der Waals surface area contributed by atoms with E-state index in [0.29, 0.717) is 5.95 Å². The van der Waals surface area contributed by atoms with Gasteiger partial charge < -0.3 is 19.1 Å². The predicted octanol–water partition coefficient (Wildman–Crippen LogP) is 2.00. The number of hydrogen-bond acceptors (Lipinski definition) is 6. The summed E-state index contributed by atoms with van der Waals surface area (Å²) in [4.78, 5) is 25.2. The third-order valence-electron chi connectivity index (χ3n) is 6.25. The van der Waals surface area contributed by atoms with E-state index in [2.05, 4.69) is 28.7 Å². The first-order valence-corrected chi connectivity index (χ1v) is 10.2. The first-order valence-electron chi connectivity index (χ1n) is 10.2. The smallest absolute Gasteiger partial charge is 0.399 e. The number of nitrogens with zero attached hydrogens (tertiary/aromatic N) is 4. The van der Waals surface area contributed by atoms with Crippen molar-refractivity contribution in [3.63, 3.8) is 0 Å². The Morgan fingerprint density at radius 1 is 1.25 bits per heavy atom. The van der Waals surface area contributed by atoms with Gasteiger partial charge in [0.15, 0.2) is 0 Å². The summed E-state index contributed by atoms with van der Waals surface area (Å²) in [5.74, 6) is 0.814. The maximum absolute atomic E-state index is 11.9. The van der Waals surface area contributed by atoms with Crippen molar-refractivity contribution in [2.75, 3.05) is 18.0 Å². The molecule has 7 nitrogen and oxygen atoms in total. The van der Waals surface area contributed by atoms with Gasteiger partial charge in [0.2, 0.25) is 11.9 Å². The van der Waals surface area contributed by atoms with Gasteiger partial charge in [-0.05, 0) is 54.4 Å². The molecular formula is C20H33BN4O3. The van der Waals surface area contributed by atoms with Crippen LogP contribution < -0.4 is 10.4 Å². The summed E-state index contributed by atoms with van der Waals surface area (Å²) >= 11 is 0. The average Bonchev–Trinajstić information content (AvgIpc) is 3.14. The molecule has 0 saturated carbocycles. The Morgan fingerprint density at radius 3 is 2.32 bits per heavy atom. The molecule has 1 aromatic heterocycles. The fraction of sp³-hybridized carbons (Fsp3) is 0.750. The van der Waals surface area contributed by atoms with Crippen molar-refractivity contribution in [1.29, 1.82) is 0 Å². The van der Waals surface area contributed by atoms with Crippen LogP contribution in [0.15, 0.2) is 12.4 Å². The highest BCUT2D eigenvalue weighted by molar-refractivity contribution is 6.61. The Balaban J connectivity index is 1.74. The average molecular weight is 388 g/mol. The zero-order chi connectivity index (χ0) is 20.7. The Labute approximate surface area is 168 Å². The first kappa shape index (κ1) is 21.1. The first-order chi connectivity index (χ1) is 13.0. The van der Waals surface area contributed by atoms with Gasteiger partial charge in [0, 0.05) is 50.0 Å². The fourth-order valence-electron chi connectivity index (χ4n) is 3.77. The zero-order valence-electron chi connectivity index (χ0n) is 18.2. The molecule has 2 saturated heterocycles. The number of anilines is 1. The molecule has 2 aliphatic heterocycles. The number of rotatable bonds is 5. The van der Waals surface area contributed by atoms with E-state index in [0.717, 1.165) is 31.4 Å². The van der Waals surface area contributed by atoms with E-state index >= 15 is 0 Å². The van der Waals surface area contributed by atoms with Crippen molar-refractivity contribution in [1.82, 2.24) is 14.9 Å². The summed E-state index contributed by atoms with van der Waals surface area (Å²) in [6.07, 6.45) is 5.65. The monoisotopic (exact) mass is 388 g/mol. The van der Waals surface area contributed by atoms with Crippen molar-refractivity contribution in [2.45, 2.75) is 84.6 Å². The number of hydrogen-bond donors (Lipinski definition) is 0. The third kappa shape index (κ3) is 4.03. The molecule has 28 heavy (non-hydrogen) atoms. The van der Waals surface area contributed by atoms with Crippen LogP contribution >= 0.6 is 0 Å². The highest BCUT2D eigenvalue weighted by Gasteiger charge is 2.52. The molecule has 1 atom stereocenters. The molecule has 0 spiro atoms. The lowest BCUT2D eigenvalue weighted by Gasteiger charge is -2.33. The van der Waals surface area contributed by atoms with Gasteiger partial charge >= 0.3 is 7.12 Å². The van der Waals surface area contributed by atoms with E-state index in [1.54, 1.807) is 19.3 Å². The van der Waals surface area contributed by atoms with Gasteiger partial charge in [-0.3, -0.25) is 4.79 Å². The molecule has 0 radical (unpaired) electrons. The van der Waals surface area contributed by atoms with Crippen LogP contribution in [0.1, 0.15) is 61.3 Å². The van der Waals surface area contributed by atoms with Crippen LogP contribution in [-0.4, -0.2) is 64.3 Å². The lowest BCUT2D eigenvalue weighted by Crippen LogP contribution is -2.46. The standard InChI is InChI=1S/C20H33BN4O3/c1-14(2)25(13-17-9-8-10-24(17)15(3)26)18-22-11-16(12-23-18)21-27-19(4,5)20(6,7)28-21/h11-12,14,17H,8-10,13H2,1-7H3/t17-/m0/s1. The fourth-order valence-corrected chi connectivity index (χ4v) is 3.77. The molecule has 3 rings (SSSR count). The molecule has 0 bridgehead atoms. The van der Waals surface area contributed by atoms with Crippen LogP contribution in [0.2, 0.25) is 0 Å². The molecule has 3 heterocycles. The van der Waals surface area contributed by atoms with E-state index in [1.165, 1.54) is 0 Å². The molecule has 0 N–H and O–H groups in total. The topological polar surface area (TPSA) is 67.8 Å². The van der Waals surface area contributed by atoms with Crippen molar-refractivity contribution >= 4 is 24.4 Å². The second-order valence-corrected chi connectivity index (χ2v) is 9.16. The molecule has 1 amide bonds. The van der Waals surface area contributed by atoms with Crippen molar-refractivity contribution in [3.05, 3.63) is 12.4 Å². The van der Waals surface area contributed by atoms with Gasteiger partial charge in [0.1, 0.15) is 0 Å². The molecule has 0 aliphatic carbocycles. The molecule has 2 aliphatic rings. The van der Waals surface area contributed by atoms with Crippen molar-refractivity contribution < 1.29 is 14.1 Å². The maximum Gasteiger partial charge on any atom is 0.498 e. The number of aromatic nitrogens is 2. The Kier molecular flexibility index (Phi) is 5.74. The Bertz CT molecular complexity index is 692. The highest BCUT2D eigenvalue weighted by atomic mass is 16.7. The predicted molar refractivity (Wildman–Crippen MR) is 111 cm³/mol. The van der Waals surface area contributed by atoms with Crippen LogP contribution in [0, 0.1) is 0 Å². The molecule has 2 fully saturated rings. The zero-order valence-corrected chi connectivity index (χ0v) is 18.2. The molecule has 0 unspecified atom stereocenters. The number of amides is 1. The second kappa shape index (κ2) is 7.63. The second-order valence-electron chi connectivity index (χ2n) is 9.16. The van der Waals surface area contributed by atoms with E-state index in [-0.39, 0.29) is 29.2 Å². The lowest BCUT2D eigenvalue weighted by atomic mass is 9.81. The molecule has 8 heteroatoms. The Hall–Kier alpha value is -1.67. The third-order valence-corrected chi connectivity index (χ3v) is 6.25. The van der Waals surface area contributed by atoms with E-state index in [4.69, 9.17) is 9.31 Å².